The number of benzene rings is 1. The zero-order valence-corrected chi connectivity index (χ0v) is 9.04. The molecule has 2 heteroatoms. The fraction of sp³-hybridized carbons (Fsp3) is 0.154. The summed E-state index contributed by atoms with van der Waals surface area (Å²) in [5, 5.41) is 17.1. The normalized spacial score (nSPS) is 11.2. The Labute approximate surface area is 90.1 Å². The van der Waals surface area contributed by atoms with E-state index in [4.69, 9.17) is 5.41 Å². The number of phenols is 1. The molecule has 0 spiro atoms. The van der Waals surface area contributed by atoms with Crippen molar-refractivity contribution in [3.05, 3.63) is 48.1 Å². The van der Waals surface area contributed by atoms with Crippen molar-refractivity contribution >= 4 is 11.3 Å². The van der Waals surface area contributed by atoms with Crippen LogP contribution in [0.1, 0.15) is 25.0 Å². The van der Waals surface area contributed by atoms with E-state index in [1.54, 1.807) is 25.1 Å². The molecular formula is C13H15NO. The number of nitrogens with one attached hydrogen (secondary N) is 1. The van der Waals surface area contributed by atoms with Crippen LogP contribution in [0.5, 0.6) is 5.75 Å². The Morgan fingerprint density at radius 2 is 2.13 bits per heavy atom. The van der Waals surface area contributed by atoms with Crippen molar-refractivity contribution in [1.29, 1.82) is 5.41 Å². The first-order chi connectivity index (χ1) is 7.10. The van der Waals surface area contributed by atoms with Gasteiger partial charge in [-0.05, 0) is 37.1 Å². The molecule has 0 aromatic heterocycles. The van der Waals surface area contributed by atoms with Crippen molar-refractivity contribution in [2.75, 3.05) is 0 Å². The lowest BCUT2D eigenvalue weighted by Gasteiger charge is -2.06. The number of allylic oxidation sites excluding steroid dienone is 3. The third-order valence-electron chi connectivity index (χ3n) is 2.27. The number of hydrogen-bond donors (Lipinski definition) is 2. The van der Waals surface area contributed by atoms with E-state index in [-0.39, 0.29) is 5.75 Å². The molecule has 0 fully saturated rings. The summed E-state index contributed by atoms with van der Waals surface area (Å²) in [7, 11) is 0. The van der Waals surface area contributed by atoms with Gasteiger partial charge >= 0.3 is 0 Å². The van der Waals surface area contributed by atoms with Crippen molar-refractivity contribution in [1.82, 2.24) is 0 Å². The number of aromatic hydroxyl groups is 1. The van der Waals surface area contributed by atoms with Gasteiger partial charge < -0.3 is 10.5 Å². The molecule has 0 radical (unpaired) electrons. The molecular weight excluding hydrogens is 186 g/mol. The van der Waals surface area contributed by atoms with Crippen molar-refractivity contribution in [3.8, 4) is 5.75 Å². The van der Waals surface area contributed by atoms with Gasteiger partial charge in [-0.25, -0.2) is 0 Å². The lowest BCUT2D eigenvalue weighted by Crippen LogP contribution is -1.93. The summed E-state index contributed by atoms with van der Waals surface area (Å²) in [6.07, 6.45) is 3.67. The molecule has 2 N–H and O–H groups in total. The van der Waals surface area contributed by atoms with Gasteiger partial charge in [-0.1, -0.05) is 24.8 Å². The number of phenolic OH excluding ortho intramolecular Hbond substituents is 1. The summed E-state index contributed by atoms with van der Waals surface area (Å²) in [6, 6.07) is 5.29. The van der Waals surface area contributed by atoms with Crippen LogP contribution in [0.3, 0.4) is 0 Å². The van der Waals surface area contributed by atoms with E-state index in [0.29, 0.717) is 11.3 Å². The quantitative estimate of drug-likeness (QED) is 0.571. The predicted octanol–water partition coefficient (Wildman–Crippen LogP) is 3.37. The van der Waals surface area contributed by atoms with Crippen LogP contribution in [-0.4, -0.2) is 10.8 Å². The monoisotopic (exact) mass is 201 g/mol. The molecule has 15 heavy (non-hydrogen) atoms. The van der Waals surface area contributed by atoms with Gasteiger partial charge in [0, 0.05) is 11.3 Å². The highest BCUT2D eigenvalue weighted by Gasteiger charge is 2.05. The molecule has 0 saturated carbocycles. The third-order valence-corrected chi connectivity index (χ3v) is 2.27. The topological polar surface area (TPSA) is 44.1 Å². The van der Waals surface area contributed by atoms with Crippen molar-refractivity contribution in [2.24, 2.45) is 0 Å². The Morgan fingerprint density at radius 3 is 2.53 bits per heavy atom. The molecule has 0 saturated heterocycles. The summed E-state index contributed by atoms with van der Waals surface area (Å²) >= 11 is 0. The first kappa shape index (κ1) is 11.2. The molecule has 0 aliphatic heterocycles. The molecule has 1 aromatic rings. The van der Waals surface area contributed by atoms with Crippen molar-refractivity contribution in [2.45, 2.75) is 13.8 Å². The average molecular weight is 201 g/mol. The molecule has 0 atom stereocenters. The lowest BCUT2D eigenvalue weighted by molar-refractivity contribution is 0.474. The van der Waals surface area contributed by atoms with E-state index in [9.17, 15) is 5.11 Å². The standard InChI is InChI=1S/C13H15NO/c1-4-10(5-2)11-6-7-12(9(3)14)13(15)8-11/h4-8,14-15H,1H2,2-3H3. The Bertz CT molecular complexity index is 430. The molecule has 0 heterocycles. The predicted molar refractivity (Wildman–Crippen MR) is 64.5 cm³/mol. The summed E-state index contributed by atoms with van der Waals surface area (Å²) in [5.74, 6) is 0.140. The highest BCUT2D eigenvalue weighted by Crippen LogP contribution is 2.24. The van der Waals surface area contributed by atoms with Crippen LogP contribution in [-0.2, 0) is 0 Å². The van der Waals surface area contributed by atoms with E-state index >= 15 is 0 Å². The average Bonchev–Trinajstić information content (AvgIpc) is 2.19. The second-order valence-electron chi connectivity index (χ2n) is 3.31. The zero-order chi connectivity index (χ0) is 11.4. The van der Waals surface area contributed by atoms with Crippen LogP contribution in [0.25, 0.3) is 5.57 Å². The van der Waals surface area contributed by atoms with Crippen LogP contribution < -0.4 is 0 Å². The minimum Gasteiger partial charge on any atom is -0.507 e. The van der Waals surface area contributed by atoms with Crippen LogP contribution in [0.15, 0.2) is 36.9 Å². The van der Waals surface area contributed by atoms with E-state index in [1.165, 1.54) is 0 Å². The van der Waals surface area contributed by atoms with Crippen LogP contribution in [0, 0.1) is 5.41 Å². The zero-order valence-electron chi connectivity index (χ0n) is 9.04. The third kappa shape index (κ3) is 2.34. The second kappa shape index (κ2) is 4.60. The molecule has 78 valence electrons. The number of hydrogen-bond acceptors (Lipinski definition) is 2. The van der Waals surface area contributed by atoms with Crippen LogP contribution in [0.2, 0.25) is 0 Å². The van der Waals surface area contributed by atoms with Gasteiger partial charge in [0.2, 0.25) is 0 Å². The smallest absolute Gasteiger partial charge is 0.125 e. The first-order valence-corrected chi connectivity index (χ1v) is 4.77. The Balaban J connectivity index is 3.23. The lowest BCUT2D eigenvalue weighted by atomic mass is 10.0. The molecule has 0 unspecified atom stereocenters. The van der Waals surface area contributed by atoms with Gasteiger partial charge in [-0.2, -0.15) is 0 Å². The highest BCUT2D eigenvalue weighted by molar-refractivity contribution is 5.99. The summed E-state index contributed by atoms with van der Waals surface area (Å²) < 4.78 is 0. The maximum absolute atomic E-state index is 9.70. The largest absolute Gasteiger partial charge is 0.507 e. The summed E-state index contributed by atoms with van der Waals surface area (Å²) in [5.41, 5.74) is 2.81. The van der Waals surface area contributed by atoms with Gasteiger partial charge in [-0.15, -0.1) is 0 Å². The van der Waals surface area contributed by atoms with Gasteiger partial charge in [-0.3, -0.25) is 0 Å². The number of rotatable bonds is 3. The fourth-order valence-corrected chi connectivity index (χ4v) is 1.43. The van der Waals surface area contributed by atoms with E-state index < -0.39 is 0 Å². The van der Waals surface area contributed by atoms with Crippen molar-refractivity contribution in [3.63, 3.8) is 0 Å². The van der Waals surface area contributed by atoms with Crippen LogP contribution in [0.4, 0.5) is 0 Å². The van der Waals surface area contributed by atoms with Gasteiger partial charge in [0.05, 0.1) is 0 Å². The summed E-state index contributed by atoms with van der Waals surface area (Å²) in [4.78, 5) is 0. The second-order valence-corrected chi connectivity index (χ2v) is 3.31. The Hall–Kier alpha value is -1.83. The Kier molecular flexibility index (Phi) is 3.45. The fourth-order valence-electron chi connectivity index (χ4n) is 1.43. The molecule has 1 aromatic carbocycles. The summed E-state index contributed by atoms with van der Waals surface area (Å²) in [6.45, 7) is 7.28. The molecule has 0 bridgehead atoms. The highest BCUT2D eigenvalue weighted by atomic mass is 16.3. The minimum atomic E-state index is 0.140. The van der Waals surface area contributed by atoms with Gasteiger partial charge in [0.25, 0.3) is 0 Å². The van der Waals surface area contributed by atoms with E-state index in [2.05, 4.69) is 6.58 Å². The molecule has 1 rings (SSSR count). The van der Waals surface area contributed by atoms with Crippen molar-refractivity contribution < 1.29 is 5.11 Å². The van der Waals surface area contributed by atoms with Crippen LogP contribution >= 0.6 is 0 Å². The first-order valence-electron chi connectivity index (χ1n) is 4.77. The molecule has 0 aliphatic carbocycles. The maximum atomic E-state index is 9.70. The van der Waals surface area contributed by atoms with Gasteiger partial charge in [0.1, 0.15) is 5.75 Å². The SMILES string of the molecule is C=CC(=CC)c1ccc(C(C)=N)c(O)c1. The molecule has 0 aliphatic rings. The van der Waals surface area contributed by atoms with E-state index in [0.717, 1.165) is 11.1 Å². The molecule has 2 nitrogen and oxygen atoms in total. The molecule has 0 amide bonds. The van der Waals surface area contributed by atoms with E-state index in [1.807, 2.05) is 19.1 Å². The Morgan fingerprint density at radius 1 is 1.47 bits per heavy atom. The van der Waals surface area contributed by atoms with Gasteiger partial charge in [0.15, 0.2) is 0 Å². The maximum Gasteiger partial charge on any atom is 0.125 e. The minimum absolute atomic E-state index is 0.140.